The molecule has 1 aromatic carbocycles. The number of rotatable bonds is 4. The van der Waals surface area contributed by atoms with Gasteiger partial charge in [-0.3, -0.25) is 4.90 Å². The van der Waals surface area contributed by atoms with Gasteiger partial charge in [0.15, 0.2) is 0 Å². The second-order valence-corrected chi connectivity index (χ2v) is 5.19. The molecule has 0 radical (unpaired) electrons. The molecule has 1 aromatic rings. The van der Waals surface area contributed by atoms with E-state index >= 15 is 0 Å². The van der Waals surface area contributed by atoms with E-state index in [1.165, 1.54) is 5.56 Å². The predicted molar refractivity (Wildman–Crippen MR) is 66.6 cm³/mol. The smallest absolute Gasteiger partial charge is 0.0900 e. The van der Waals surface area contributed by atoms with Crippen LogP contribution in [0.25, 0.3) is 0 Å². The summed E-state index contributed by atoms with van der Waals surface area (Å²) in [5.41, 5.74) is 0.777. The Morgan fingerprint density at radius 1 is 1.44 bits per heavy atom. The van der Waals surface area contributed by atoms with Crippen molar-refractivity contribution in [3.63, 3.8) is 0 Å². The molecule has 0 spiro atoms. The number of nitrogens with zero attached hydrogens (tertiary/aromatic N) is 1. The van der Waals surface area contributed by atoms with Crippen LogP contribution >= 0.6 is 11.6 Å². The number of aliphatic hydroxyl groups is 1. The lowest BCUT2D eigenvalue weighted by molar-refractivity contribution is -0.106. The first kappa shape index (κ1) is 11.9. The molecule has 2 rings (SSSR count). The number of benzene rings is 1. The molecular weight excluding hydrogens is 222 g/mol. The van der Waals surface area contributed by atoms with Crippen molar-refractivity contribution >= 4 is 11.6 Å². The van der Waals surface area contributed by atoms with E-state index in [4.69, 9.17) is 11.6 Å². The predicted octanol–water partition coefficient (Wildman–Crippen LogP) is 2.69. The van der Waals surface area contributed by atoms with Crippen molar-refractivity contribution in [2.75, 3.05) is 13.1 Å². The Morgan fingerprint density at radius 2 is 2.19 bits per heavy atom. The van der Waals surface area contributed by atoms with Crippen LogP contribution in [0.5, 0.6) is 0 Å². The van der Waals surface area contributed by atoms with E-state index in [9.17, 15) is 5.11 Å². The maximum atomic E-state index is 10.0. The van der Waals surface area contributed by atoms with Crippen LogP contribution in [0.4, 0.5) is 0 Å². The van der Waals surface area contributed by atoms with Crippen LogP contribution in [0.3, 0.4) is 0 Å². The molecule has 0 atom stereocenters. The van der Waals surface area contributed by atoms with E-state index in [0.717, 1.165) is 37.5 Å². The van der Waals surface area contributed by atoms with E-state index in [1.807, 2.05) is 18.2 Å². The van der Waals surface area contributed by atoms with Crippen molar-refractivity contribution in [2.24, 2.45) is 0 Å². The molecule has 1 aliphatic heterocycles. The fourth-order valence-electron chi connectivity index (χ4n) is 2.41. The van der Waals surface area contributed by atoms with Crippen molar-refractivity contribution in [2.45, 2.75) is 31.9 Å². The maximum absolute atomic E-state index is 10.0. The van der Waals surface area contributed by atoms with Gasteiger partial charge in [-0.25, -0.2) is 0 Å². The number of halogens is 1. The molecule has 88 valence electrons. The molecule has 0 aliphatic carbocycles. The summed E-state index contributed by atoms with van der Waals surface area (Å²) in [6, 6.07) is 7.91. The van der Waals surface area contributed by atoms with Crippen LogP contribution in [-0.4, -0.2) is 28.7 Å². The molecule has 1 heterocycles. The van der Waals surface area contributed by atoms with Gasteiger partial charge in [-0.15, -0.1) is 0 Å². The summed E-state index contributed by atoms with van der Waals surface area (Å²) in [4.78, 5) is 2.25. The molecule has 0 aromatic heterocycles. The lowest BCUT2D eigenvalue weighted by atomic mass is 9.89. The monoisotopic (exact) mass is 239 g/mol. The molecule has 0 unspecified atom stereocenters. The number of likely N-dealkylation sites (tertiary alicyclic amines) is 1. The number of hydrogen-bond acceptors (Lipinski definition) is 2. The van der Waals surface area contributed by atoms with Gasteiger partial charge < -0.3 is 5.11 Å². The van der Waals surface area contributed by atoms with Gasteiger partial charge in [0, 0.05) is 24.7 Å². The fourth-order valence-corrected chi connectivity index (χ4v) is 2.63. The molecule has 16 heavy (non-hydrogen) atoms. The quantitative estimate of drug-likeness (QED) is 0.874. The summed E-state index contributed by atoms with van der Waals surface area (Å²) in [6.45, 7) is 4.56. The van der Waals surface area contributed by atoms with Crippen LogP contribution in [0.2, 0.25) is 5.02 Å². The zero-order valence-corrected chi connectivity index (χ0v) is 10.4. The molecule has 0 amide bonds. The minimum atomic E-state index is -0.437. The fraction of sp³-hybridized carbons (Fsp3) is 0.538. The highest BCUT2D eigenvalue weighted by atomic mass is 35.5. The van der Waals surface area contributed by atoms with Gasteiger partial charge in [0.05, 0.1) is 5.60 Å². The van der Waals surface area contributed by atoms with Gasteiger partial charge in [-0.1, -0.05) is 37.1 Å². The zero-order valence-electron chi connectivity index (χ0n) is 9.62. The normalized spacial score (nSPS) is 19.4. The lowest BCUT2D eigenvalue weighted by Crippen LogP contribution is -2.60. The minimum Gasteiger partial charge on any atom is -0.387 e. The standard InChI is InChI=1S/C13H18ClNO/c1-2-6-13(16)9-15(10-13)8-11-4-3-5-12(14)7-11/h3-5,7,16H,2,6,8-10H2,1H3. The van der Waals surface area contributed by atoms with Gasteiger partial charge >= 0.3 is 0 Å². The molecule has 2 nitrogen and oxygen atoms in total. The second kappa shape index (κ2) is 4.74. The summed E-state index contributed by atoms with van der Waals surface area (Å²) >= 11 is 5.93. The van der Waals surface area contributed by atoms with E-state index in [0.29, 0.717) is 0 Å². The van der Waals surface area contributed by atoms with Gasteiger partial charge in [-0.05, 0) is 24.1 Å². The van der Waals surface area contributed by atoms with Crippen molar-refractivity contribution < 1.29 is 5.11 Å². The highest BCUT2D eigenvalue weighted by Crippen LogP contribution is 2.27. The Morgan fingerprint density at radius 3 is 2.81 bits per heavy atom. The Kier molecular flexibility index (Phi) is 3.53. The van der Waals surface area contributed by atoms with Crippen LogP contribution in [0, 0.1) is 0 Å². The third-order valence-electron chi connectivity index (χ3n) is 3.05. The summed E-state index contributed by atoms with van der Waals surface area (Å²) in [5, 5.41) is 10.8. The summed E-state index contributed by atoms with van der Waals surface area (Å²) in [5.74, 6) is 0. The van der Waals surface area contributed by atoms with E-state index in [1.54, 1.807) is 0 Å². The molecule has 1 saturated heterocycles. The van der Waals surface area contributed by atoms with Crippen molar-refractivity contribution in [3.8, 4) is 0 Å². The maximum Gasteiger partial charge on any atom is 0.0900 e. The molecule has 0 bridgehead atoms. The highest BCUT2D eigenvalue weighted by Gasteiger charge is 2.39. The Labute approximate surface area is 102 Å². The van der Waals surface area contributed by atoms with Gasteiger partial charge in [0.25, 0.3) is 0 Å². The third kappa shape index (κ3) is 2.76. The van der Waals surface area contributed by atoms with Crippen LogP contribution < -0.4 is 0 Å². The zero-order chi connectivity index (χ0) is 11.6. The molecule has 3 heteroatoms. The lowest BCUT2D eigenvalue weighted by Gasteiger charge is -2.46. The van der Waals surface area contributed by atoms with Gasteiger partial charge in [0.1, 0.15) is 0 Å². The van der Waals surface area contributed by atoms with E-state index in [2.05, 4.69) is 17.9 Å². The van der Waals surface area contributed by atoms with E-state index in [-0.39, 0.29) is 0 Å². The Balaban J connectivity index is 1.85. The average molecular weight is 240 g/mol. The Hall–Kier alpha value is -0.570. The molecule has 1 aliphatic rings. The first-order valence-corrected chi connectivity index (χ1v) is 6.18. The summed E-state index contributed by atoms with van der Waals surface area (Å²) < 4.78 is 0. The van der Waals surface area contributed by atoms with Crippen molar-refractivity contribution in [1.29, 1.82) is 0 Å². The van der Waals surface area contributed by atoms with Gasteiger partial charge in [0.2, 0.25) is 0 Å². The molecule has 1 fully saturated rings. The highest BCUT2D eigenvalue weighted by molar-refractivity contribution is 6.30. The van der Waals surface area contributed by atoms with Crippen LogP contribution in [0.15, 0.2) is 24.3 Å². The summed E-state index contributed by atoms with van der Waals surface area (Å²) in [7, 11) is 0. The first-order chi connectivity index (χ1) is 7.61. The van der Waals surface area contributed by atoms with Crippen LogP contribution in [0.1, 0.15) is 25.3 Å². The van der Waals surface area contributed by atoms with Crippen LogP contribution in [-0.2, 0) is 6.54 Å². The largest absolute Gasteiger partial charge is 0.387 e. The molecular formula is C13H18ClNO. The number of hydrogen-bond donors (Lipinski definition) is 1. The summed E-state index contributed by atoms with van der Waals surface area (Å²) in [6.07, 6.45) is 1.94. The second-order valence-electron chi connectivity index (χ2n) is 4.75. The molecule has 0 saturated carbocycles. The third-order valence-corrected chi connectivity index (χ3v) is 3.28. The molecule has 1 N–H and O–H groups in total. The SMILES string of the molecule is CCCC1(O)CN(Cc2cccc(Cl)c2)C1. The van der Waals surface area contributed by atoms with Crippen molar-refractivity contribution in [1.82, 2.24) is 4.90 Å². The topological polar surface area (TPSA) is 23.5 Å². The van der Waals surface area contributed by atoms with Gasteiger partial charge in [-0.2, -0.15) is 0 Å². The average Bonchev–Trinajstić information content (AvgIpc) is 2.15. The number of β-amino-alcohol motifs (C(OH)–C–C–N with tert-alkyl or cyclic N) is 1. The Bertz CT molecular complexity index is 361. The first-order valence-electron chi connectivity index (χ1n) is 5.80. The van der Waals surface area contributed by atoms with E-state index < -0.39 is 5.60 Å². The van der Waals surface area contributed by atoms with Crippen molar-refractivity contribution in [3.05, 3.63) is 34.9 Å². The minimum absolute atomic E-state index is 0.437.